The van der Waals surface area contributed by atoms with Gasteiger partial charge >= 0.3 is 5.97 Å². The van der Waals surface area contributed by atoms with E-state index in [2.05, 4.69) is 30.4 Å². The van der Waals surface area contributed by atoms with Crippen LogP contribution in [-0.2, 0) is 20.9 Å². The molecular formula is C26H37NO4S. The number of hydrogen-bond acceptors (Lipinski definition) is 6. The lowest BCUT2D eigenvalue weighted by molar-refractivity contribution is -0.145. The van der Waals surface area contributed by atoms with Crippen LogP contribution in [0.15, 0.2) is 40.8 Å². The van der Waals surface area contributed by atoms with Gasteiger partial charge < -0.3 is 15.2 Å². The van der Waals surface area contributed by atoms with Crippen molar-refractivity contribution in [2.45, 2.75) is 76.5 Å². The summed E-state index contributed by atoms with van der Waals surface area (Å²) in [6, 6.07) is 8.17. The summed E-state index contributed by atoms with van der Waals surface area (Å²) in [6.45, 7) is 6.98. The van der Waals surface area contributed by atoms with E-state index in [4.69, 9.17) is 4.74 Å². The Hall–Kier alpha value is -1.63. The molecule has 176 valence electrons. The number of thioether (sulfide) groups is 1. The van der Waals surface area contributed by atoms with Crippen LogP contribution in [0.5, 0.6) is 0 Å². The Kier molecular flexibility index (Phi) is 8.59. The number of Topliss-reactive ketones (excluding diaryl/α,β-unsaturated/α-hetero) is 1. The lowest BCUT2D eigenvalue weighted by Crippen LogP contribution is -2.44. The van der Waals surface area contributed by atoms with E-state index in [-0.39, 0.29) is 35.1 Å². The maximum atomic E-state index is 12.7. The van der Waals surface area contributed by atoms with Crippen molar-refractivity contribution in [1.82, 2.24) is 5.32 Å². The van der Waals surface area contributed by atoms with Crippen molar-refractivity contribution in [1.29, 1.82) is 0 Å². The molecule has 1 aromatic rings. The molecule has 2 N–H and O–H groups in total. The molecule has 4 atom stereocenters. The van der Waals surface area contributed by atoms with E-state index < -0.39 is 6.10 Å². The summed E-state index contributed by atoms with van der Waals surface area (Å²) < 4.78 is 5.92. The topological polar surface area (TPSA) is 75.6 Å². The average molecular weight is 460 g/mol. The number of carbonyl (C=O) groups is 2. The molecule has 3 rings (SSSR count). The van der Waals surface area contributed by atoms with Crippen molar-refractivity contribution in [2.75, 3.05) is 12.8 Å². The van der Waals surface area contributed by atoms with E-state index >= 15 is 0 Å². The SMILES string of the molecule is CNCc1ccc(SCC(=O)O[C@@H]2CC(C)C(O)[C@H](C)C3(C=C2C)CCC(=O)CC3)cc1. The van der Waals surface area contributed by atoms with E-state index in [0.717, 1.165) is 29.9 Å². The minimum Gasteiger partial charge on any atom is -0.457 e. The Balaban J connectivity index is 1.67. The molecule has 5 nitrogen and oxygen atoms in total. The molecule has 2 unspecified atom stereocenters. The zero-order chi connectivity index (χ0) is 23.3. The number of nitrogens with one attached hydrogen (secondary N) is 1. The van der Waals surface area contributed by atoms with Crippen LogP contribution in [-0.4, -0.2) is 41.9 Å². The van der Waals surface area contributed by atoms with Crippen LogP contribution < -0.4 is 5.32 Å². The summed E-state index contributed by atoms with van der Waals surface area (Å²) in [4.78, 5) is 25.6. The van der Waals surface area contributed by atoms with Gasteiger partial charge in [0.1, 0.15) is 11.9 Å². The zero-order valence-corrected chi connectivity index (χ0v) is 20.5. The number of aliphatic hydroxyl groups excluding tert-OH is 1. The first kappa shape index (κ1) is 25.0. The van der Waals surface area contributed by atoms with Crippen LogP contribution in [0.25, 0.3) is 0 Å². The number of aliphatic hydroxyl groups is 1. The molecule has 0 aromatic heterocycles. The van der Waals surface area contributed by atoms with E-state index in [9.17, 15) is 14.7 Å². The lowest BCUT2D eigenvalue weighted by atomic mass is 9.61. The Morgan fingerprint density at radius 3 is 2.50 bits per heavy atom. The molecule has 0 saturated heterocycles. The molecule has 1 saturated carbocycles. The minimum absolute atomic E-state index is 0.00771. The zero-order valence-electron chi connectivity index (χ0n) is 19.7. The average Bonchev–Trinajstić information content (AvgIpc) is 2.78. The first-order valence-electron chi connectivity index (χ1n) is 11.7. The van der Waals surface area contributed by atoms with Crippen LogP contribution in [0.2, 0.25) is 0 Å². The summed E-state index contributed by atoms with van der Waals surface area (Å²) in [5, 5.41) is 14.1. The number of carbonyl (C=O) groups excluding carboxylic acids is 2. The number of allylic oxidation sites excluding steroid dienone is 1. The molecule has 6 heteroatoms. The van der Waals surface area contributed by atoms with Gasteiger partial charge in [0.05, 0.1) is 11.9 Å². The maximum absolute atomic E-state index is 12.7. The quantitative estimate of drug-likeness (QED) is 0.370. The molecule has 1 fully saturated rings. The molecule has 1 aromatic carbocycles. The van der Waals surface area contributed by atoms with Crippen molar-refractivity contribution in [3.8, 4) is 0 Å². The first-order valence-corrected chi connectivity index (χ1v) is 12.7. The summed E-state index contributed by atoms with van der Waals surface area (Å²) in [5.74, 6) is 0.391. The van der Waals surface area contributed by atoms with Gasteiger partial charge in [-0.2, -0.15) is 0 Å². The molecule has 32 heavy (non-hydrogen) atoms. The van der Waals surface area contributed by atoms with E-state index in [1.807, 2.05) is 33.0 Å². The van der Waals surface area contributed by atoms with Gasteiger partial charge in [-0.05, 0) is 73.8 Å². The maximum Gasteiger partial charge on any atom is 0.316 e. The number of benzene rings is 1. The number of ether oxygens (including phenoxy) is 1. The highest BCUT2D eigenvalue weighted by Crippen LogP contribution is 2.48. The van der Waals surface area contributed by atoms with E-state index in [1.54, 1.807) is 0 Å². The van der Waals surface area contributed by atoms with Crippen molar-refractivity contribution >= 4 is 23.5 Å². The highest BCUT2D eigenvalue weighted by molar-refractivity contribution is 8.00. The van der Waals surface area contributed by atoms with Crippen molar-refractivity contribution < 1.29 is 19.4 Å². The van der Waals surface area contributed by atoms with Crippen LogP contribution in [0, 0.1) is 17.3 Å². The lowest BCUT2D eigenvalue weighted by Gasteiger charge is -2.46. The largest absolute Gasteiger partial charge is 0.457 e. The summed E-state index contributed by atoms with van der Waals surface area (Å²) in [7, 11) is 1.92. The molecule has 0 heterocycles. The van der Waals surface area contributed by atoms with E-state index in [0.29, 0.717) is 25.0 Å². The molecule has 0 radical (unpaired) electrons. The van der Waals surface area contributed by atoms with Gasteiger partial charge in [-0.3, -0.25) is 9.59 Å². The van der Waals surface area contributed by atoms with Crippen LogP contribution in [0.3, 0.4) is 0 Å². The molecule has 0 aliphatic heterocycles. The highest BCUT2D eigenvalue weighted by Gasteiger charge is 2.44. The van der Waals surface area contributed by atoms with Crippen LogP contribution in [0.4, 0.5) is 0 Å². The smallest absolute Gasteiger partial charge is 0.316 e. The number of esters is 1. The van der Waals surface area contributed by atoms with Crippen molar-refractivity contribution in [3.63, 3.8) is 0 Å². The molecule has 0 amide bonds. The third-order valence-electron chi connectivity index (χ3n) is 7.28. The minimum atomic E-state index is -0.487. The highest BCUT2D eigenvalue weighted by atomic mass is 32.2. The van der Waals surface area contributed by atoms with Gasteiger partial charge in [0.2, 0.25) is 0 Å². The summed E-state index contributed by atoms with van der Waals surface area (Å²) in [5.41, 5.74) is 2.04. The standard InChI is InChI=1S/C26H37NO4S/c1-17-13-23(31-24(29)16-32-22-7-5-20(6-8-22)15-27-4)18(2)14-26(19(3)25(17)30)11-9-21(28)10-12-26/h5-8,14,17,19,23,25,27,30H,9-13,15-16H2,1-4H3/t17?,19-,23+,25?/m0/s1. The molecule has 0 bridgehead atoms. The summed E-state index contributed by atoms with van der Waals surface area (Å²) >= 11 is 1.48. The van der Waals surface area contributed by atoms with Crippen molar-refractivity contribution in [3.05, 3.63) is 41.5 Å². The molecule has 2 aliphatic carbocycles. The fourth-order valence-electron chi connectivity index (χ4n) is 5.15. The van der Waals surface area contributed by atoms with Gasteiger partial charge in [-0.25, -0.2) is 0 Å². The van der Waals surface area contributed by atoms with Crippen LogP contribution in [0.1, 0.15) is 58.4 Å². The predicted octanol–water partition coefficient (Wildman–Crippen LogP) is 4.52. The Labute approximate surface area is 196 Å². The Morgan fingerprint density at radius 1 is 1.22 bits per heavy atom. The predicted molar refractivity (Wildman–Crippen MR) is 128 cm³/mol. The first-order chi connectivity index (χ1) is 15.2. The van der Waals surface area contributed by atoms with Gasteiger partial charge in [0.15, 0.2) is 0 Å². The number of ketones is 1. The Bertz CT molecular complexity index is 825. The molecule has 1 spiro atoms. The monoisotopic (exact) mass is 459 g/mol. The second-order valence-electron chi connectivity index (χ2n) is 9.59. The van der Waals surface area contributed by atoms with Gasteiger partial charge in [-0.15, -0.1) is 11.8 Å². The number of hydrogen-bond donors (Lipinski definition) is 2. The van der Waals surface area contributed by atoms with Crippen molar-refractivity contribution in [2.24, 2.45) is 17.3 Å². The Morgan fingerprint density at radius 2 is 1.88 bits per heavy atom. The fraction of sp³-hybridized carbons (Fsp3) is 0.615. The van der Waals surface area contributed by atoms with Gasteiger partial charge in [0, 0.05) is 24.3 Å². The molecular weight excluding hydrogens is 422 g/mol. The normalized spacial score (nSPS) is 28.0. The third-order valence-corrected chi connectivity index (χ3v) is 8.27. The van der Waals surface area contributed by atoms with Gasteiger partial charge in [0.25, 0.3) is 0 Å². The van der Waals surface area contributed by atoms with Gasteiger partial charge in [-0.1, -0.05) is 32.1 Å². The van der Waals surface area contributed by atoms with E-state index in [1.165, 1.54) is 17.3 Å². The summed E-state index contributed by atoms with van der Waals surface area (Å²) in [6.07, 6.45) is 4.63. The third kappa shape index (κ3) is 6.03. The second kappa shape index (κ2) is 11.0. The fourth-order valence-corrected chi connectivity index (χ4v) is 5.83. The number of rotatable bonds is 6. The van der Waals surface area contributed by atoms with Crippen LogP contribution >= 0.6 is 11.8 Å². The molecule has 2 aliphatic rings. The second-order valence-corrected chi connectivity index (χ2v) is 10.6.